The van der Waals surface area contributed by atoms with Crippen LogP contribution in [0.2, 0.25) is 0 Å². The van der Waals surface area contributed by atoms with Crippen LogP contribution in [0.4, 0.5) is 0 Å². The van der Waals surface area contributed by atoms with Crippen LogP contribution in [0.5, 0.6) is 0 Å². The topological polar surface area (TPSA) is 49.0 Å². The lowest BCUT2D eigenvalue weighted by atomic mass is 9.90. The van der Waals surface area contributed by atoms with Gasteiger partial charge in [-0.05, 0) is 11.8 Å². The monoisotopic (exact) mass is 277 g/mol. The lowest BCUT2D eigenvalue weighted by molar-refractivity contribution is 0.0252. The number of hydrogen-bond acceptors (Lipinski definition) is 5. The molecule has 0 atom stereocenters. The highest BCUT2D eigenvalue weighted by Crippen LogP contribution is 2.18. The van der Waals surface area contributed by atoms with E-state index in [0.29, 0.717) is 33.0 Å². The molecular formula is C14H31NO4. The third-order valence-corrected chi connectivity index (χ3v) is 2.81. The van der Waals surface area contributed by atoms with E-state index in [9.17, 15) is 0 Å². The predicted molar refractivity (Wildman–Crippen MR) is 76.7 cm³/mol. The molecule has 0 radical (unpaired) electrons. The Balaban J connectivity index is 3.21. The van der Waals surface area contributed by atoms with Gasteiger partial charge < -0.3 is 24.3 Å². The maximum absolute atomic E-state index is 5.46. The van der Waals surface area contributed by atoms with E-state index < -0.39 is 0 Å². The second-order valence-electron chi connectivity index (χ2n) is 5.30. The van der Waals surface area contributed by atoms with Crippen LogP contribution in [0.3, 0.4) is 0 Å². The first-order valence-corrected chi connectivity index (χ1v) is 6.96. The molecule has 0 bridgehead atoms. The molecule has 0 aliphatic carbocycles. The zero-order valence-electron chi connectivity index (χ0n) is 13.0. The highest BCUT2D eigenvalue weighted by atomic mass is 16.5. The summed E-state index contributed by atoms with van der Waals surface area (Å²) in [4.78, 5) is 0. The van der Waals surface area contributed by atoms with Crippen LogP contribution in [-0.4, -0.2) is 67.0 Å². The Morgan fingerprint density at radius 3 is 2.00 bits per heavy atom. The summed E-state index contributed by atoms with van der Waals surface area (Å²) in [5.41, 5.74) is 0.263. The Hall–Kier alpha value is -0.200. The molecule has 0 aliphatic heterocycles. The molecule has 0 aromatic heterocycles. The van der Waals surface area contributed by atoms with Gasteiger partial charge in [-0.25, -0.2) is 0 Å². The van der Waals surface area contributed by atoms with Crippen molar-refractivity contribution in [3.63, 3.8) is 0 Å². The maximum atomic E-state index is 5.46. The molecule has 1 N–H and O–H groups in total. The summed E-state index contributed by atoms with van der Waals surface area (Å²) in [5, 5.41) is 3.40. The van der Waals surface area contributed by atoms with Crippen molar-refractivity contribution in [2.75, 3.05) is 67.0 Å². The number of methoxy groups -OCH3 is 2. The van der Waals surface area contributed by atoms with Gasteiger partial charge in [0.2, 0.25) is 0 Å². The summed E-state index contributed by atoms with van der Waals surface area (Å²) in [6.45, 7) is 10.4. The highest BCUT2D eigenvalue weighted by Gasteiger charge is 2.16. The summed E-state index contributed by atoms with van der Waals surface area (Å²) in [5.74, 6) is 0. The van der Waals surface area contributed by atoms with E-state index in [-0.39, 0.29) is 5.41 Å². The van der Waals surface area contributed by atoms with E-state index in [1.165, 1.54) is 0 Å². The third-order valence-electron chi connectivity index (χ3n) is 2.81. The minimum Gasteiger partial charge on any atom is -0.385 e. The maximum Gasteiger partial charge on any atom is 0.0701 e. The average Bonchev–Trinajstić information content (AvgIpc) is 2.38. The Morgan fingerprint density at radius 1 is 0.789 bits per heavy atom. The molecule has 0 aromatic carbocycles. The number of hydrogen-bond donors (Lipinski definition) is 1. The summed E-state index contributed by atoms with van der Waals surface area (Å²) in [7, 11) is 3.41. The molecule has 0 heterocycles. The van der Waals surface area contributed by atoms with Gasteiger partial charge in [0, 0.05) is 33.9 Å². The molecule has 0 aliphatic rings. The summed E-state index contributed by atoms with van der Waals surface area (Å²) >= 11 is 0. The molecule has 5 heteroatoms. The lowest BCUT2D eigenvalue weighted by Gasteiger charge is -2.24. The first-order chi connectivity index (χ1) is 9.12. The largest absolute Gasteiger partial charge is 0.385 e. The molecule has 19 heavy (non-hydrogen) atoms. The van der Waals surface area contributed by atoms with Gasteiger partial charge in [-0.2, -0.15) is 0 Å². The second-order valence-corrected chi connectivity index (χ2v) is 5.30. The van der Waals surface area contributed by atoms with Crippen LogP contribution < -0.4 is 5.32 Å². The van der Waals surface area contributed by atoms with Crippen molar-refractivity contribution in [1.82, 2.24) is 5.32 Å². The van der Waals surface area contributed by atoms with Crippen molar-refractivity contribution in [3.05, 3.63) is 0 Å². The Bertz CT molecular complexity index is 188. The lowest BCUT2D eigenvalue weighted by Crippen LogP contribution is -2.32. The van der Waals surface area contributed by atoms with E-state index >= 15 is 0 Å². The Kier molecular flexibility index (Phi) is 12.7. The van der Waals surface area contributed by atoms with Crippen LogP contribution in [0.15, 0.2) is 0 Å². The van der Waals surface area contributed by atoms with Gasteiger partial charge in [0.25, 0.3) is 0 Å². The zero-order chi connectivity index (χ0) is 14.4. The second kappa shape index (κ2) is 12.8. The minimum atomic E-state index is 0.263. The smallest absolute Gasteiger partial charge is 0.0701 e. The molecular weight excluding hydrogens is 246 g/mol. The summed E-state index contributed by atoms with van der Waals surface area (Å²) in [6, 6.07) is 0. The fourth-order valence-corrected chi connectivity index (χ4v) is 1.50. The predicted octanol–water partition coefficient (Wildman–Crippen LogP) is 1.32. The van der Waals surface area contributed by atoms with Crippen molar-refractivity contribution in [1.29, 1.82) is 0 Å². The Morgan fingerprint density at radius 2 is 1.37 bits per heavy atom. The van der Waals surface area contributed by atoms with Gasteiger partial charge in [0.05, 0.1) is 33.0 Å². The van der Waals surface area contributed by atoms with Crippen molar-refractivity contribution in [2.24, 2.45) is 5.41 Å². The quantitative estimate of drug-likeness (QED) is 0.485. The molecule has 5 nitrogen and oxygen atoms in total. The molecule has 116 valence electrons. The number of ether oxygens (including phenoxy) is 4. The molecule has 0 saturated carbocycles. The average molecular weight is 277 g/mol. The summed E-state index contributed by atoms with van der Waals surface area (Å²) < 4.78 is 20.7. The van der Waals surface area contributed by atoms with E-state index in [1.54, 1.807) is 14.2 Å². The van der Waals surface area contributed by atoms with Crippen molar-refractivity contribution in [2.45, 2.75) is 20.3 Å². The first kappa shape index (κ1) is 18.8. The van der Waals surface area contributed by atoms with Crippen LogP contribution >= 0.6 is 0 Å². The Labute approximate surface area is 117 Å². The van der Waals surface area contributed by atoms with Crippen molar-refractivity contribution in [3.8, 4) is 0 Å². The SMILES string of the molecule is COCCOCCOCCNCC(C)(C)CCOC. The van der Waals surface area contributed by atoms with Crippen LogP contribution in [0, 0.1) is 5.41 Å². The zero-order valence-corrected chi connectivity index (χ0v) is 13.0. The van der Waals surface area contributed by atoms with Crippen LogP contribution in [0.25, 0.3) is 0 Å². The van der Waals surface area contributed by atoms with E-state index in [2.05, 4.69) is 19.2 Å². The molecule has 0 amide bonds. The normalized spacial score (nSPS) is 12.0. The van der Waals surface area contributed by atoms with Crippen molar-refractivity contribution < 1.29 is 18.9 Å². The molecule has 0 fully saturated rings. The molecule has 0 spiro atoms. The van der Waals surface area contributed by atoms with E-state index in [0.717, 1.165) is 26.1 Å². The van der Waals surface area contributed by atoms with Gasteiger partial charge in [0.1, 0.15) is 0 Å². The van der Waals surface area contributed by atoms with Crippen LogP contribution in [0.1, 0.15) is 20.3 Å². The highest BCUT2D eigenvalue weighted by molar-refractivity contribution is 4.71. The first-order valence-electron chi connectivity index (χ1n) is 6.96. The number of rotatable bonds is 14. The van der Waals surface area contributed by atoms with Gasteiger partial charge >= 0.3 is 0 Å². The van der Waals surface area contributed by atoms with Gasteiger partial charge in [-0.1, -0.05) is 13.8 Å². The summed E-state index contributed by atoms with van der Waals surface area (Å²) in [6.07, 6.45) is 1.06. The van der Waals surface area contributed by atoms with E-state index in [1.807, 2.05) is 0 Å². The molecule has 0 saturated heterocycles. The molecule has 0 rings (SSSR count). The number of nitrogens with one attached hydrogen (secondary N) is 1. The van der Waals surface area contributed by atoms with Gasteiger partial charge in [0.15, 0.2) is 0 Å². The van der Waals surface area contributed by atoms with Crippen LogP contribution in [-0.2, 0) is 18.9 Å². The fourth-order valence-electron chi connectivity index (χ4n) is 1.50. The third kappa shape index (κ3) is 14.0. The van der Waals surface area contributed by atoms with Crippen molar-refractivity contribution >= 4 is 0 Å². The molecule has 0 aromatic rings. The van der Waals surface area contributed by atoms with Gasteiger partial charge in [-0.3, -0.25) is 0 Å². The standard InChI is InChI=1S/C14H31NO4/c1-14(2,5-7-16-3)13-15-6-8-18-11-12-19-10-9-17-4/h15H,5-13H2,1-4H3. The molecule has 0 unspecified atom stereocenters. The minimum absolute atomic E-state index is 0.263. The van der Waals surface area contributed by atoms with E-state index in [4.69, 9.17) is 18.9 Å². The van der Waals surface area contributed by atoms with Gasteiger partial charge in [-0.15, -0.1) is 0 Å². The fraction of sp³-hybridized carbons (Fsp3) is 1.00.